The molecule has 0 spiro atoms. The molecular weight excluding hydrogens is 576 g/mol. The number of alkyl halides is 2. The SMILES string of the molecule is O=C1C(Cl)=C(Cl)C(=O)C2(Cl)C(c3ccccc3O)C3=CCn4c(=O)n(-c5ccccc5)c(=O)n4C3CC12Cl. The molecule has 1 fully saturated rings. The minimum absolute atomic E-state index is 0.0292. The molecule has 2 aliphatic carbocycles. The van der Waals surface area contributed by atoms with Gasteiger partial charge in [0.05, 0.1) is 18.3 Å². The molecule has 38 heavy (non-hydrogen) atoms. The summed E-state index contributed by atoms with van der Waals surface area (Å²) in [5.74, 6) is -3.14. The number of hydrogen-bond acceptors (Lipinski definition) is 5. The molecule has 1 N–H and O–H groups in total. The van der Waals surface area contributed by atoms with E-state index in [9.17, 15) is 24.3 Å². The maximum Gasteiger partial charge on any atom is 0.352 e. The maximum absolute atomic E-state index is 13.8. The van der Waals surface area contributed by atoms with Crippen LogP contribution in [0.1, 0.15) is 23.9 Å². The van der Waals surface area contributed by atoms with Crippen LogP contribution >= 0.6 is 46.4 Å². The first kappa shape index (κ1) is 25.2. The monoisotopic (exact) mass is 591 g/mol. The Hall–Kier alpha value is -3.04. The van der Waals surface area contributed by atoms with Crippen LogP contribution in [0.25, 0.3) is 5.69 Å². The highest BCUT2D eigenvalue weighted by Crippen LogP contribution is 2.64. The molecule has 194 valence electrons. The van der Waals surface area contributed by atoms with Crippen molar-refractivity contribution < 1.29 is 14.7 Å². The highest BCUT2D eigenvalue weighted by molar-refractivity contribution is 6.66. The van der Waals surface area contributed by atoms with Gasteiger partial charge in [0.15, 0.2) is 11.6 Å². The van der Waals surface area contributed by atoms with Crippen LogP contribution in [0.5, 0.6) is 5.75 Å². The molecule has 4 atom stereocenters. The van der Waals surface area contributed by atoms with E-state index in [0.29, 0.717) is 11.3 Å². The van der Waals surface area contributed by atoms with Gasteiger partial charge in [-0.3, -0.25) is 9.59 Å². The lowest BCUT2D eigenvalue weighted by Crippen LogP contribution is -2.67. The van der Waals surface area contributed by atoms with Crippen molar-refractivity contribution in [1.82, 2.24) is 13.9 Å². The molecule has 0 bridgehead atoms. The average molecular weight is 593 g/mol. The van der Waals surface area contributed by atoms with Gasteiger partial charge in [-0.05, 0) is 23.8 Å². The number of carbonyl (C=O) groups excluding carboxylic acids is 2. The van der Waals surface area contributed by atoms with Crippen LogP contribution in [-0.2, 0) is 16.1 Å². The van der Waals surface area contributed by atoms with E-state index in [-0.39, 0.29) is 24.3 Å². The molecule has 0 radical (unpaired) electrons. The largest absolute Gasteiger partial charge is 0.508 e. The summed E-state index contributed by atoms with van der Waals surface area (Å²) < 4.78 is 3.49. The first-order valence-electron chi connectivity index (χ1n) is 11.5. The number of para-hydroxylation sites is 2. The molecule has 12 heteroatoms. The fourth-order valence-electron chi connectivity index (χ4n) is 5.85. The Bertz CT molecular complexity index is 1740. The third-order valence-electron chi connectivity index (χ3n) is 7.57. The third-order valence-corrected chi connectivity index (χ3v) is 9.82. The van der Waals surface area contributed by atoms with Crippen molar-refractivity contribution in [2.75, 3.05) is 0 Å². The zero-order valence-corrected chi connectivity index (χ0v) is 22.3. The summed E-state index contributed by atoms with van der Waals surface area (Å²) in [6, 6.07) is 13.6. The zero-order chi connectivity index (χ0) is 27.1. The molecule has 2 heterocycles. The second kappa shape index (κ2) is 8.48. The number of nitrogens with zero attached hydrogens (tertiary/aromatic N) is 3. The van der Waals surface area contributed by atoms with Gasteiger partial charge < -0.3 is 5.11 Å². The second-order valence-electron chi connectivity index (χ2n) is 9.38. The Kier molecular flexibility index (Phi) is 5.63. The molecule has 2 aromatic carbocycles. The van der Waals surface area contributed by atoms with E-state index in [0.717, 1.165) is 4.57 Å². The van der Waals surface area contributed by atoms with Crippen molar-refractivity contribution in [3.63, 3.8) is 0 Å². The van der Waals surface area contributed by atoms with Gasteiger partial charge in [0, 0.05) is 17.9 Å². The van der Waals surface area contributed by atoms with Gasteiger partial charge in [-0.15, -0.1) is 23.2 Å². The summed E-state index contributed by atoms with van der Waals surface area (Å²) in [6.45, 7) is -0.0292. The number of phenolic OH excluding ortho intramolecular Hbond substituents is 1. The van der Waals surface area contributed by atoms with E-state index < -0.39 is 54.7 Å². The van der Waals surface area contributed by atoms with E-state index in [2.05, 4.69) is 0 Å². The van der Waals surface area contributed by atoms with Crippen molar-refractivity contribution in [2.24, 2.45) is 0 Å². The number of phenols is 1. The molecule has 1 saturated carbocycles. The lowest BCUT2D eigenvalue weighted by atomic mass is 9.59. The van der Waals surface area contributed by atoms with E-state index in [1.54, 1.807) is 54.6 Å². The lowest BCUT2D eigenvalue weighted by Gasteiger charge is -2.54. The summed E-state index contributed by atoms with van der Waals surface area (Å²) in [7, 11) is 0. The number of benzene rings is 2. The number of carbonyl (C=O) groups is 2. The molecule has 1 aromatic heterocycles. The summed E-state index contributed by atoms with van der Waals surface area (Å²) in [5.41, 5.74) is -0.244. The van der Waals surface area contributed by atoms with Gasteiger partial charge in [-0.1, -0.05) is 65.7 Å². The smallest absolute Gasteiger partial charge is 0.352 e. The standard InChI is InChI=1S/C26H17Cl4N3O5/c27-19-20(28)22(36)26(30)18(15-8-4-5-9-17(15)34)14-10-11-31-23(37)32(13-6-2-1-3-7-13)24(38)33(31)16(14)12-25(26,29)21(19)35/h1-10,16,18,34H,11-12H2. The molecule has 0 amide bonds. The maximum atomic E-state index is 13.8. The molecule has 6 rings (SSSR count). The fraction of sp³-hybridized carbons (Fsp3) is 0.231. The van der Waals surface area contributed by atoms with Crippen molar-refractivity contribution in [2.45, 2.75) is 34.7 Å². The summed E-state index contributed by atoms with van der Waals surface area (Å²) >= 11 is 26.5. The number of rotatable bonds is 2. The summed E-state index contributed by atoms with van der Waals surface area (Å²) in [5, 5.41) is 9.72. The Morgan fingerprint density at radius 2 is 1.47 bits per heavy atom. The Morgan fingerprint density at radius 3 is 2.16 bits per heavy atom. The number of allylic oxidation sites excluding steroid dienone is 4. The molecule has 3 aliphatic rings. The van der Waals surface area contributed by atoms with Gasteiger partial charge in [0.2, 0.25) is 0 Å². The predicted octanol–water partition coefficient (Wildman–Crippen LogP) is 3.97. The van der Waals surface area contributed by atoms with Gasteiger partial charge in [-0.2, -0.15) is 0 Å². The van der Waals surface area contributed by atoms with Crippen LogP contribution in [0.2, 0.25) is 0 Å². The number of Topliss-reactive ketones (excluding diaryl/α,β-unsaturated/α-hetero) is 2. The van der Waals surface area contributed by atoms with Crippen LogP contribution in [-0.4, -0.2) is 40.4 Å². The van der Waals surface area contributed by atoms with Crippen LogP contribution in [0.3, 0.4) is 0 Å². The minimum Gasteiger partial charge on any atom is -0.508 e. The normalized spacial score (nSPS) is 28.5. The van der Waals surface area contributed by atoms with Crippen molar-refractivity contribution in [3.05, 3.63) is 103 Å². The first-order valence-corrected chi connectivity index (χ1v) is 13.1. The molecule has 8 nitrogen and oxygen atoms in total. The van der Waals surface area contributed by atoms with Gasteiger partial charge in [0.25, 0.3) is 0 Å². The van der Waals surface area contributed by atoms with Gasteiger partial charge in [0.1, 0.15) is 25.6 Å². The number of fused-ring (bicyclic) bond motifs is 4. The predicted molar refractivity (Wildman–Crippen MR) is 143 cm³/mol. The van der Waals surface area contributed by atoms with Crippen molar-refractivity contribution in [3.8, 4) is 11.4 Å². The minimum atomic E-state index is -2.18. The van der Waals surface area contributed by atoms with Crippen molar-refractivity contribution in [1.29, 1.82) is 0 Å². The van der Waals surface area contributed by atoms with Gasteiger partial charge in [-0.25, -0.2) is 23.5 Å². The number of ketones is 2. The highest BCUT2D eigenvalue weighted by Gasteiger charge is 2.71. The fourth-order valence-corrected chi connectivity index (χ4v) is 7.36. The third kappa shape index (κ3) is 3.06. The van der Waals surface area contributed by atoms with Crippen LogP contribution < -0.4 is 11.4 Å². The van der Waals surface area contributed by atoms with Crippen LogP contribution in [0, 0.1) is 0 Å². The van der Waals surface area contributed by atoms with E-state index >= 15 is 0 Å². The Labute approximate surface area is 234 Å². The molecule has 0 saturated heterocycles. The number of aromatic nitrogens is 3. The lowest BCUT2D eigenvalue weighted by molar-refractivity contribution is -0.128. The highest BCUT2D eigenvalue weighted by atomic mass is 35.5. The molecular formula is C26H17Cl4N3O5. The second-order valence-corrected chi connectivity index (χ2v) is 11.4. The zero-order valence-electron chi connectivity index (χ0n) is 19.3. The summed E-state index contributed by atoms with van der Waals surface area (Å²) in [4.78, 5) is 50.0. The van der Waals surface area contributed by atoms with Crippen LogP contribution in [0.15, 0.2) is 85.9 Å². The Morgan fingerprint density at radius 1 is 0.842 bits per heavy atom. The van der Waals surface area contributed by atoms with Crippen molar-refractivity contribution >= 4 is 58.0 Å². The number of halogens is 4. The quantitative estimate of drug-likeness (QED) is 0.358. The number of hydrogen-bond donors (Lipinski definition) is 1. The van der Waals surface area contributed by atoms with Gasteiger partial charge >= 0.3 is 11.4 Å². The van der Waals surface area contributed by atoms with Crippen LogP contribution in [0.4, 0.5) is 0 Å². The molecule has 4 unspecified atom stereocenters. The van der Waals surface area contributed by atoms with E-state index in [4.69, 9.17) is 46.4 Å². The number of aromatic hydroxyl groups is 1. The summed E-state index contributed by atoms with van der Waals surface area (Å²) in [6.07, 6.45) is 1.33. The Balaban J connectivity index is 1.66. The van der Waals surface area contributed by atoms with E-state index in [1.165, 1.54) is 15.4 Å². The average Bonchev–Trinajstić information content (AvgIpc) is 3.17. The topological polar surface area (TPSA) is 103 Å². The first-order chi connectivity index (χ1) is 18.0. The molecule has 1 aliphatic heterocycles. The van der Waals surface area contributed by atoms with E-state index in [1.807, 2.05) is 0 Å². The molecule has 3 aromatic rings.